The predicted molar refractivity (Wildman–Crippen MR) is 90.9 cm³/mol. The molecule has 0 aliphatic heterocycles. The summed E-state index contributed by atoms with van der Waals surface area (Å²) in [5, 5.41) is 3.53. The van der Waals surface area contributed by atoms with Crippen molar-refractivity contribution in [3.05, 3.63) is 28.2 Å². The zero-order chi connectivity index (χ0) is 14.3. The van der Waals surface area contributed by atoms with E-state index in [0.29, 0.717) is 5.92 Å². The number of hydrogen-bond donors (Lipinski definition) is 1. The van der Waals surface area contributed by atoms with Gasteiger partial charge in [-0.1, -0.05) is 56.1 Å². The van der Waals surface area contributed by atoms with Crippen LogP contribution in [0.2, 0.25) is 0 Å². The molecule has 1 aromatic carbocycles. The molecular weight excluding hydrogens is 318 g/mol. The molecule has 0 saturated carbocycles. The summed E-state index contributed by atoms with van der Waals surface area (Å²) in [6, 6.07) is 6.62. The van der Waals surface area contributed by atoms with Gasteiger partial charge in [-0.15, -0.1) is 11.8 Å². The summed E-state index contributed by atoms with van der Waals surface area (Å²) in [5.41, 5.74) is 1.41. The van der Waals surface area contributed by atoms with Gasteiger partial charge in [0.25, 0.3) is 0 Å². The van der Waals surface area contributed by atoms with E-state index < -0.39 is 0 Å². The fourth-order valence-corrected chi connectivity index (χ4v) is 3.40. The number of rotatable bonds is 8. The number of benzene rings is 1. The summed E-state index contributed by atoms with van der Waals surface area (Å²) in [6.45, 7) is 11.1. The van der Waals surface area contributed by atoms with Crippen LogP contribution >= 0.6 is 27.7 Å². The zero-order valence-corrected chi connectivity index (χ0v) is 14.9. The molecule has 0 heterocycles. The van der Waals surface area contributed by atoms with E-state index >= 15 is 0 Å². The molecule has 19 heavy (non-hydrogen) atoms. The largest absolute Gasteiger partial charge is 0.312 e. The summed E-state index contributed by atoms with van der Waals surface area (Å²) >= 11 is 5.56. The quantitative estimate of drug-likeness (QED) is 0.640. The van der Waals surface area contributed by atoms with Crippen molar-refractivity contribution in [2.45, 2.75) is 45.6 Å². The average Bonchev–Trinajstić information content (AvgIpc) is 2.37. The van der Waals surface area contributed by atoms with Crippen molar-refractivity contribution in [2.75, 3.05) is 12.3 Å². The maximum Gasteiger partial charge on any atom is 0.0216 e. The monoisotopic (exact) mass is 343 g/mol. The average molecular weight is 344 g/mol. The molecule has 0 fully saturated rings. The van der Waals surface area contributed by atoms with Gasteiger partial charge < -0.3 is 5.32 Å². The van der Waals surface area contributed by atoms with Gasteiger partial charge in [0.05, 0.1) is 0 Å². The Morgan fingerprint density at radius 1 is 1.26 bits per heavy atom. The predicted octanol–water partition coefficient (Wildman–Crippen LogP) is 5.33. The van der Waals surface area contributed by atoms with Crippen molar-refractivity contribution in [3.63, 3.8) is 0 Å². The first-order valence-electron chi connectivity index (χ1n) is 7.14. The Morgan fingerprint density at radius 3 is 2.63 bits per heavy atom. The van der Waals surface area contributed by atoms with E-state index in [2.05, 4.69) is 67.1 Å². The van der Waals surface area contributed by atoms with E-state index in [1.165, 1.54) is 27.1 Å². The minimum Gasteiger partial charge on any atom is -0.312 e. The number of hydrogen-bond acceptors (Lipinski definition) is 2. The first kappa shape index (κ1) is 17.1. The van der Waals surface area contributed by atoms with E-state index in [4.69, 9.17) is 0 Å². The third kappa shape index (κ3) is 6.82. The number of thioether (sulfide) groups is 1. The van der Waals surface area contributed by atoms with Gasteiger partial charge in [-0.05, 0) is 36.1 Å². The lowest BCUT2D eigenvalue weighted by molar-refractivity contribution is 0.550. The van der Waals surface area contributed by atoms with Crippen LogP contribution in [0, 0.1) is 11.8 Å². The molecule has 1 rings (SSSR count). The van der Waals surface area contributed by atoms with E-state index in [1.807, 2.05) is 11.8 Å². The second-order valence-corrected chi connectivity index (χ2v) is 7.58. The Labute approximate surface area is 131 Å². The SMILES string of the molecule is CCC(C)CSc1cc(Br)ccc1CNCC(C)C. The first-order valence-corrected chi connectivity index (χ1v) is 8.92. The van der Waals surface area contributed by atoms with Crippen LogP contribution < -0.4 is 5.32 Å². The van der Waals surface area contributed by atoms with Crippen molar-refractivity contribution in [1.82, 2.24) is 5.32 Å². The van der Waals surface area contributed by atoms with Gasteiger partial charge in [-0.2, -0.15) is 0 Å². The molecule has 1 atom stereocenters. The third-order valence-corrected chi connectivity index (χ3v) is 5.04. The Balaban J connectivity index is 2.63. The second kappa shape index (κ2) is 9.04. The van der Waals surface area contributed by atoms with Crippen molar-refractivity contribution in [2.24, 2.45) is 11.8 Å². The summed E-state index contributed by atoms with van der Waals surface area (Å²) < 4.78 is 1.17. The van der Waals surface area contributed by atoms with Crippen LogP contribution in [0.5, 0.6) is 0 Å². The summed E-state index contributed by atoms with van der Waals surface area (Å²) in [7, 11) is 0. The van der Waals surface area contributed by atoms with Crippen LogP contribution in [-0.2, 0) is 6.54 Å². The normalized spacial score (nSPS) is 12.9. The molecule has 0 saturated heterocycles. The molecule has 0 spiro atoms. The Morgan fingerprint density at radius 2 is 2.00 bits per heavy atom. The molecule has 1 aromatic rings. The zero-order valence-electron chi connectivity index (χ0n) is 12.5. The van der Waals surface area contributed by atoms with E-state index in [9.17, 15) is 0 Å². The van der Waals surface area contributed by atoms with Crippen LogP contribution in [0.25, 0.3) is 0 Å². The topological polar surface area (TPSA) is 12.0 Å². The van der Waals surface area contributed by atoms with Crippen LogP contribution in [-0.4, -0.2) is 12.3 Å². The summed E-state index contributed by atoms with van der Waals surface area (Å²) in [4.78, 5) is 1.41. The van der Waals surface area contributed by atoms with Gasteiger partial charge in [0.15, 0.2) is 0 Å². The Bertz CT molecular complexity index is 379. The minimum absolute atomic E-state index is 0.701. The molecule has 1 nitrogen and oxygen atoms in total. The second-order valence-electron chi connectivity index (χ2n) is 5.60. The van der Waals surface area contributed by atoms with Crippen molar-refractivity contribution >= 4 is 27.7 Å². The highest BCUT2D eigenvalue weighted by atomic mass is 79.9. The van der Waals surface area contributed by atoms with E-state index in [0.717, 1.165) is 19.0 Å². The van der Waals surface area contributed by atoms with Crippen LogP contribution in [0.4, 0.5) is 0 Å². The first-order chi connectivity index (χ1) is 9.02. The van der Waals surface area contributed by atoms with Crippen LogP contribution in [0.3, 0.4) is 0 Å². The molecular formula is C16H26BrNS. The summed E-state index contributed by atoms with van der Waals surface area (Å²) in [5.74, 6) is 2.68. The molecule has 0 aromatic heterocycles. The molecule has 0 radical (unpaired) electrons. The molecule has 0 aliphatic rings. The fourth-order valence-electron chi connectivity index (χ4n) is 1.65. The number of nitrogens with one attached hydrogen (secondary N) is 1. The van der Waals surface area contributed by atoms with Crippen LogP contribution in [0.1, 0.15) is 39.7 Å². The smallest absolute Gasteiger partial charge is 0.0216 e. The van der Waals surface area contributed by atoms with Gasteiger partial charge in [0, 0.05) is 21.7 Å². The fraction of sp³-hybridized carbons (Fsp3) is 0.625. The molecule has 3 heteroatoms. The molecule has 0 bridgehead atoms. The molecule has 108 valence electrons. The Hall–Kier alpha value is 0.01000. The third-order valence-electron chi connectivity index (χ3n) is 3.12. The van der Waals surface area contributed by atoms with Gasteiger partial charge in [0.1, 0.15) is 0 Å². The lowest BCUT2D eigenvalue weighted by atomic mass is 10.2. The van der Waals surface area contributed by atoms with Crippen molar-refractivity contribution < 1.29 is 0 Å². The maximum atomic E-state index is 3.58. The van der Waals surface area contributed by atoms with Crippen LogP contribution in [0.15, 0.2) is 27.6 Å². The molecule has 1 unspecified atom stereocenters. The lowest BCUT2D eigenvalue weighted by Gasteiger charge is -2.14. The Kier molecular flexibility index (Phi) is 8.12. The molecule has 0 amide bonds. The highest BCUT2D eigenvalue weighted by molar-refractivity contribution is 9.10. The van der Waals surface area contributed by atoms with E-state index in [-0.39, 0.29) is 0 Å². The van der Waals surface area contributed by atoms with Gasteiger partial charge in [-0.3, -0.25) is 0 Å². The van der Waals surface area contributed by atoms with Crippen molar-refractivity contribution in [3.8, 4) is 0 Å². The standard InChI is InChI=1S/C16H26BrNS/c1-5-13(4)11-19-16-8-15(17)7-6-14(16)10-18-9-12(2)3/h6-8,12-13,18H,5,9-11H2,1-4H3. The van der Waals surface area contributed by atoms with Crippen molar-refractivity contribution in [1.29, 1.82) is 0 Å². The summed E-state index contributed by atoms with van der Waals surface area (Å²) in [6.07, 6.45) is 1.25. The minimum atomic E-state index is 0.701. The van der Waals surface area contributed by atoms with Gasteiger partial charge >= 0.3 is 0 Å². The van der Waals surface area contributed by atoms with E-state index in [1.54, 1.807) is 0 Å². The molecule has 1 N–H and O–H groups in total. The lowest BCUT2D eigenvalue weighted by Crippen LogP contribution is -2.19. The maximum absolute atomic E-state index is 3.58. The number of halogens is 1. The highest BCUT2D eigenvalue weighted by Gasteiger charge is 2.07. The van der Waals surface area contributed by atoms with Gasteiger partial charge in [-0.25, -0.2) is 0 Å². The highest BCUT2D eigenvalue weighted by Crippen LogP contribution is 2.28. The van der Waals surface area contributed by atoms with Gasteiger partial charge in [0.2, 0.25) is 0 Å². The molecule has 0 aliphatic carbocycles.